The fourth-order valence-electron chi connectivity index (χ4n) is 1.50. The van der Waals surface area contributed by atoms with E-state index in [-0.39, 0.29) is 23.9 Å². The second kappa shape index (κ2) is 5.76. The third-order valence-electron chi connectivity index (χ3n) is 2.26. The number of aliphatic carboxylic acids is 1. The number of phenols is 1. The first-order chi connectivity index (χ1) is 8.43. The van der Waals surface area contributed by atoms with E-state index in [0.29, 0.717) is 5.56 Å². The topological polar surface area (TPSA) is 131 Å². The van der Waals surface area contributed by atoms with E-state index in [1.54, 1.807) is 6.07 Å². The van der Waals surface area contributed by atoms with Crippen LogP contribution in [0.25, 0.3) is 0 Å². The van der Waals surface area contributed by atoms with Gasteiger partial charge in [-0.2, -0.15) is 0 Å². The van der Waals surface area contributed by atoms with Crippen molar-refractivity contribution >= 4 is 11.9 Å². The second-order valence-corrected chi connectivity index (χ2v) is 3.60. The zero-order valence-electron chi connectivity index (χ0n) is 9.83. The molecule has 0 aliphatic carbocycles. The molecule has 0 saturated heterocycles. The van der Waals surface area contributed by atoms with Gasteiger partial charge in [0, 0.05) is 0 Å². The van der Waals surface area contributed by atoms with Gasteiger partial charge in [-0.3, -0.25) is 4.79 Å². The van der Waals surface area contributed by atoms with Crippen LogP contribution in [0.5, 0.6) is 11.5 Å². The molecule has 0 radical (unpaired) electrons. The number of carboxylic acid groups (broad SMARTS) is 1. The lowest BCUT2D eigenvalue weighted by molar-refractivity contribution is -0.137. The molecule has 0 aliphatic heterocycles. The molecule has 1 aromatic rings. The second-order valence-electron chi connectivity index (χ2n) is 3.60. The Morgan fingerprint density at radius 1 is 1.50 bits per heavy atom. The Hall–Kier alpha value is -2.44. The van der Waals surface area contributed by atoms with Crippen LogP contribution in [0.3, 0.4) is 0 Å². The lowest BCUT2D eigenvalue weighted by Crippen LogP contribution is -2.24. The molecule has 0 amide bonds. The zero-order valence-corrected chi connectivity index (χ0v) is 9.83. The quantitative estimate of drug-likeness (QED) is 0.437. The molecule has 1 aromatic carbocycles. The molecule has 1 atom stereocenters. The average molecular weight is 253 g/mol. The minimum absolute atomic E-state index is 0.101. The average Bonchev–Trinajstić information content (AvgIpc) is 2.26. The highest BCUT2D eigenvalue weighted by Crippen LogP contribution is 2.31. The standard InChI is InChI=1S/C11H15N3O4/c1-18-9-3-2-6(4-8(9)15)7(5-10(16)17)14-11(12)13/h2-4,7,15H,5H2,1H3,(H,16,17)(H4,12,13,14). The summed E-state index contributed by atoms with van der Waals surface area (Å²) in [6, 6.07) is 3.74. The van der Waals surface area contributed by atoms with Gasteiger partial charge >= 0.3 is 5.97 Å². The maximum absolute atomic E-state index is 10.7. The van der Waals surface area contributed by atoms with Crippen LogP contribution >= 0.6 is 0 Å². The molecule has 0 aliphatic rings. The highest BCUT2D eigenvalue weighted by molar-refractivity contribution is 5.77. The first-order valence-corrected chi connectivity index (χ1v) is 5.11. The van der Waals surface area contributed by atoms with Gasteiger partial charge in [-0.25, -0.2) is 4.99 Å². The van der Waals surface area contributed by atoms with Crippen molar-refractivity contribution in [1.82, 2.24) is 0 Å². The van der Waals surface area contributed by atoms with E-state index in [0.717, 1.165) is 0 Å². The predicted octanol–water partition coefficient (Wildman–Crippen LogP) is 0.190. The Balaban J connectivity index is 3.09. The number of hydrogen-bond acceptors (Lipinski definition) is 4. The molecule has 98 valence electrons. The molecule has 0 fully saturated rings. The fourth-order valence-corrected chi connectivity index (χ4v) is 1.50. The molecular formula is C11H15N3O4. The van der Waals surface area contributed by atoms with Crippen LogP contribution in [0.1, 0.15) is 18.0 Å². The number of hydrogen-bond donors (Lipinski definition) is 4. The summed E-state index contributed by atoms with van der Waals surface area (Å²) >= 11 is 0. The van der Waals surface area contributed by atoms with E-state index < -0.39 is 12.0 Å². The van der Waals surface area contributed by atoms with Gasteiger partial charge in [-0.05, 0) is 17.7 Å². The van der Waals surface area contributed by atoms with Crippen LogP contribution in [0.4, 0.5) is 0 Å². The van der Waals surface area contributed by atoms with Crippen LogP contribution in [0.2, 0.25) is 0 Å². The Morgan fingerprint density at radius 2 is 2.17 bits per heavy atom. The van der Waals surface area contributed by atoms with Gasteiger partial charge in [0.15, 0.2) is 17.5 Å². The highest BCUT2D eigenvalue weighted by Gasteiger charge is 2.16. The van der Waals surface area contributed by atoms with Crippen molar-refractivity contribution in [2.75, 3.05) is 7.11 Å². The van der Waals surface area contributed by atoms with Crippen molar-refractivity contribution in [3.63, 3.8) is 0 Å². The molecule has 7 nitrogen and oxygen atoms in total. The summed E-state index contributed by atoms with van der Waals surface area (Å²) in [7, 11) is 1.42. The molecule has 18 heavy (non-hydrogen) atoms. The fraction of sp³-hybridized carbons (Fsp3) is 0.273. The maximum atomic E-state index is 10.7. The number of nitrogens with zero attached hydrogens (tertiary/aromatic N) is 1. The number of aromatic hydroxyl groups is 1. The number of guanidine groups is 1. The Kier molecular flexibility index (Phi) is 4.36. The Morgan fingerprint density at radius 3 is 2.61 bits per heavy atom. The van der Waals surface area contributed by atoms with Gasteiger partial charge in [0.05, 0.1) is 19.6 Å². The molecule has 0 aromatic heterocycles. The van der Waals surface area contributed by atoms with Crippen LogP contribution in [0, 0.1) is 0 Å². The Bertz CT molecular complexity index is 469. The van der Waals surface area contributed by atoms with E-state index in [1.807, 2.05) is 0 Å². The number of ether oxygens (including phenoxy) is 1. The molecule has 6 N–H and O–H groups in total. The van der Waals surface area contributed by atoms with Crippen molar-refractivity contribution in [1.29, 1.82) is 0 Å². The number of carbonyl (C=O) groups is 1. The maximum Gasteiger partial charge on any atom is 0.305 e. The monoisotopic (exact) mass is 253 g/mol. The minimum atomic E-state index is -1.04. The van der Waals surface area contributed by atoms with E-state index >= 15 is 0 Å². The largest absolute Gasteiger partial charge is 0.504 e. The number of aliphatic imine (C=N–C) groups is 1. The molecule has 7 heteroatoms. The molecule has 0 spiro atoms. The number of carboxylic acids is 1. The molecule has 1 rings (SSSR count). The van der Waals surface area contributed by atoms with Crippen LogP contribution in [-0.4, -0.2) is 29.3 Å². The summed E-state index contributed by atoms with van der Waals surface area (Å²) in [6.45, 7) is 0. The third kappa shape index (κ3) is 3.55. The van der Waals surface area contributed by atoms with E-state index in [4.69, 9.17) is 21.3 Å². The lowest BCUT2D eigenvalue weighted by atomic mass is 10.0. The minimum Gasteiger partial charge on any atom is -0.504 e. The van der Waals surface area contributed by atoms with E-state index in [1.165, 1.54) is 19.2 Å². The van der Waals surface area contributed by atoms with E-state index in [2.05, 4.69) is 4.99 Å². The number of nitrogens with two attached hydrogens (primary N) is 2. The van der Waals surface area contributed by atoms with Crippen molar-refractivity contribution in [3.05, 3.63) is 23.8 Å². The summed E-state index contributed by atoms with van der Waals surface area (Å²) in [5.74, 6) is -1.06. The van der Waals surface area contributed by atoms with Gasteiger partial charge < -0.3 is 26.4 Å². The normalized spacial score (nSPS) is 11.6. The molecule has 0 bridgehead atoms. The smallest absolute Gasteiger partial charge is 0.305 e. The van der Waals surface area contributed by atoms with Crippen LogP contribution in [0.15, 0.2) is 23.2 Å². The Labute approximate surface area is 104 Å². The number of rotatable bonds is 5. The number of methoxy groups -OCH3 is 1. The lowest BCUT2D eigenvalue weighted by Gasteiger charge is -2.12. The van der Waals surface area contributed by atoms with Gasteiger partial charge in [0.25, 0.3) is 0 Å². The summed E-state index contributed by atoms with van der Waals surface area (Å²) in [4.78, 5) is 14.6. The molecule has 1 unspecified atom stereocenters. The van der Waals surface area contributed by atoms with Crippen molar-refractivity contribution in [2.24, 2.45) is 16.5 Å². The summed E-state index contributed by atoms with van der Waals surface area (Å²) in [5, 5.41) is 18.4. The third-order valence-corrected chi connectivity index (χ3v) is 2.26. The van der Waals surface area contributed by atoms with E-state index in [9.17, 15) is 9.90 Å². The highest BCUT2D eigenvalue weighted by atomic mass is 16.5. The zero-order chi connectivity index (χ0) is 13.7. The van der Waals surface area contributed by atoms with Crippen molar-refractivity contribution in [2.45, 2.75) is 12.5 Å². The molecule has 0 heterocycles. The number of benzene rings is 1. The van der Waals surface area contributed by atoms with Gasteiger partial charge in [0.2, 0.25) is 0 Å². The predicted molar refractivity (Wildman–Crippen MR) is 65.5 cm³/mol. The number of phenolic OH excluding ortho intramolecular Hbond substituents is 1. The van der Waals surface area contributed by atoms with Crippen LogP contribution < -0.4 is 16.2 Å². The van der Waals surface area contributed by atoms with Gasteiger partial charge in [-0.15, -0.1) is 0 Å². The summed E-state index contributed by atoms with van der Waals surface area (Å²) in [6.07, 6.45) is -0.274. The SMILES string of the molecule is COc1ccc(C(CC(=O)O)N=C(N)N)cc1O. The molecule has 0 saturated carbocycles. The van der Waals surface area contributed by atoms with Crippen molar-refractivity contribution in [3.8, 4) is 11.5 Å². The van der Waals surface area contributed by atoms with Crippen LogP contribution in [-0.2, 0) is 4.79 Å². The van der Waals surface area contributed by atoms with Crippen molar-refractivity contribution < 1.29 is 19.7 Å². The summed E-state index contributed by atoms with van der Waals surface area (Å²) < 4.78 is 4.89. The first kappa shape index (κ1) is 13.6. The first-order valence-electron chi connectivity index (χ1n) is 5.11. The molecular weight excluding hydrogens is 238 g/mol. The van der Waals surface area contributed by atoms with Gasteiger partial charge in [0.1, 0.15) is 0 Å². The van der Waals surface area contributed by atoms with Gasteiger partial charge in [-0.1, -0.05) is 6.07 Å². The summed E-state index contributed by atoms with van der Waals surface area (Å²) in [5.41, 5.74) is 11.0.